The van der Waals surface area contributed by atoms with E-state index in [9.17, 15) is 0 Å². The van der Waals surface area contributed by atoms with E-state index in [-0.39, 0.29) is 0 Å². The zero-order chi connectivity index (χ0) is 15.2. The molecule has 0 atom stereocenters. The molecule has 0 amide bonds. The molecule has 0 radical (unpaired) electrons. The van der Waals surface area contributed by atoms with Crippen molar-refractivity contribution in [2.24, 2.45) is 0 Å². The standard InChI is InChI=1S/C16H17BrClNO2/c1-19-9-11-4-6-14(20-2)8-16(11)21-10-12-3-5-13(17)7-15(12)18/h3-8,19H,9-10H2,1-2H3. The Morgan fingerprint density at radius 3 is 2.57 bits per heavy atom. The third-order valence-corrected chi connectivity index (χ3v) is 3.88. The summed E-state index contributed by atoms with van der Waals surface area (Å²) >= 11 is 9.60. The summed E-state index contributed by atoms with van der Waals surface area (Å²) in [4.78, 5) is 0. The Morgan fingerprint density at radius 1 is 1.14 bits per heavy atom. The van der Waals surface area contributed by atoms with Gasteiger partial charge in [-0.25, -0.2) is 0 Å². The molecule has 2 aromatic carbocycles. The molecule has 2 rings (SSSR count). The second-order valence-electron chi connectivity index (χ2n) is 4.53. The second kappa shape index (κ2) is 7.69. The van der Waals surface area contributed by atoms with Gasteiger partial charge in [-0.15, -0.1) is 0 Å². The molecule has 0 aliphatic heterocycles. The minimum absolute atomic E-state index is 0.413. The van der Waals surface area contributed by atoms with E-state index in [1.54, 1.807) is 7.11 Å². The zero-order valence-corrected chi connectivity index (χ0v) is 14.3. The molecule has 5 heteroatoms. The maximum atomic E-state index is 6.21. The van der Waals surface area contributed by atoms with Crippen molar-refractivity contribution in [3.8, 4) is 11.5 Å². The number of hydrogen-bond acceptors (Lipinski definition) is 3. The Kier molecular flexibility index (Phi) is 5.91. The van der Waals surface area contributed by atoms with Crippen LogP contribution in [-0.2, 0) is 13.2 Å². The number of rotatable bonds is 6. The van der Waals surface area contributed by atoms with Gasteiger partial charge in [0.1, 0.15) is 18.1 Å². The number of halogens is 2. The molecule has 0 saturated carbocycles. The van der Waals surface area contributed by atoms with Crippen LogP contribution < -0.4 is 14.8 Å². The van der Waals surface area contributed by atoms with Gasteiger partial charge >= 0.3 is 0 Å². The molecule has 0 unspecified atom stereocenters. The summed E-state index contributed by atoms with van der Waals surface area (Å²) in [7, 11) is 3.54. The first kappa shape index (κ1) is 16.1. The average Bonchev–Trinajstić information content (AvgIpc) is 2.48. The highest BCUT2D eigenvalue weighted by Crippen LogP contribution is 2.27. The predicted octanol–water partition coefficient (Wildman–Crippen LogP) is 4.41. The normalized spacial score (nSPS) is 10.5. The summed E-state index contributed by atoms with van der Waals surface area (Å²) < 4.78 is 12.1. The third kappa shape index (κ3) is 4.37. The summed E-state index contributed by atoms with van der Waals surface area (Å²) in [5, 5.41) is 3.81. The van der Waals surface area contributed by atoms with Gasteiger partial charge in [-0.05, 0) is 25.2 Å². The van der Waals surface area contributed by atoms with Crippen molar-refractivity contribution in [3.05, 3.63) is 57.0 Å². The van der Waals surface area contributed by atoms with Crippen LogP contribution in [0.25, 0.3) is 0 Å². The molecule has 0 bridgehead atoms. The highest BCUT2D eigenvalue weighted by Gasteiger charge is 2.07. The first-order chi connectivity index (χ1) is 10.1. The van der Waals surface area contributed by atoms with Gasteiger partial charge in [-0.2, -0.15) is 0 Å². The number of hydrogen-bond donors (Lipinski definition) is 1. The number of benzene rings is 2. The van der Waals surface area contributed by atoms with E-state index in [0.29, 0.717) is 11.6 Å². The van der Waals surface area contributed by atoms with E-state index in [4.69, 9.17) is 21.1 Å². The topological polar surface area (TPSA) is 30.5 Å². The largest absolute Gasteiger partial charge is 0.497 e. The molecule has 0 aliphatic carbocycles. The van der Waals surface area contributed by atoms with Crippen molar-refractivity contribution in [3.63, 3.8) is 0 Å². The van der Waals surface area contributed by atoms with Gasteiger partial charge in [-0.3, -0.25) is 0 Å². The lowest BCUT2D eigenvalue weighted by Gasteiger charge is -2.13. The van der Waals surface area contributed by atoms with Crippen LogP contribution in [0.1, 0.15) is 11.1 Å². The van der Waals surface area contributed by atoms with Gasteiger partial charge in [0.25, 0.3) is 0 Å². The molecular weight excluding hydrogens is 354 g/mol. The van der Waals surface area contributed by atoms with Gasteiger partial charge < -0.3 is 14.8 Å². The van der Waals surface area contributed by atoms with Crippen molar-refractivity contribution in [1.29, 1.82) is 0 Å². The Morgan fingerprint density at radius 2 is 1.90 bits per heavy atom. The monoisotopic (exact) mass is 369 g/mol. The Bertz CT molecular complexity index is 619. The second-order valence-corrected chi connectivity index (χ2v) is 5.85. The molecule has 0 spiro atoms. The van der Waals surface area contributed by atoms with Crippen LogP contribution in [0, 0.1) is 0 Å². The summed E-state index contributed by atoms with van der Waals surface area (Å²) in [6, 6.07) is 11.6. The van der Waals surface area contributed by atoms with Crippen molar-refractivity contribution < 1.29 is 9.47 Å². The molecule has 0 aromatic heterocycles. The lowest BCUT2D eigenvalue weighted by atomic mass is 10.2. The van der Waals surface area contributed by atoms with Crippen LogP contribution in [0.3, 0.4) is 0 Å². The highest BCUT2D eigenvalue weighted by atomic mass is 79.9. The van der Waals surface area contributed by atoms with Crippen LogP contribution in [0.4, 0.5) is 0 Å². The maximum absolute atomic E-state index is 6.21. The zero-order valence-electron chi connectivity index (χ0n) is 12.0. The fourth-order valence-corrected chi connectivity index (χ4v) is 2.65. The van der Waals surface area contributed by atoms with Crippen molar-refractivity contribution >= 4 is 27.5 Å². The van der Waals surface area contributed by atoms with Crippen molar-refractivity contribution in [2.45, 2.75) is 13.2 Å². The smallest absolute Gasteiger partial charge is 0.127 e. The molecule has 21 heavy (non-hydrogen) atoms. The van der Waals surface area contributed by atoms with Crippen LogP contribution >= 0.6 is 27.5 Å². The Labute approximate surface area is 138 Å². The number of nitrogens with one attached hydrogen (secondary N) is 1. The van der Waals surface area contributed by atoms with Crippen molar-refractivity contribution in [2.75, 3.05) is 14.2 Å². The van der Waals surface area contributed by atoms with Gasteiger partial charge in [0.05, 0.1) is 7.11 Å². The highest BCUT2D eigenvalue weighted by molar-refractivity contribution is 9.10. The van der Waals surface area contributed by atoms with Crippen LogP contribution in [0.15, 0.2) is 40.9 Å². The lowest BCUT2D eigenvalue weighted by molar-refractivity contribution is 0.300. The molecule has 2 aromatic rings. The third-order valence-electron chi connectivity index (χ3n) is 3.04. The summed E-state index contributed by atoms with van der Waals surface area (Å²) in [6.45, 7) is 1.14. The van der Waals surface area contributed by atoms with Gasteiger partial charge in [-0.1, -0.05) is 39.7 Å². The molecule has 0 fully saturated rings. The van der Waals surface area contributed by atoms with Gasteiger partial charge in [0.15, 0.2) is 0 Å². The van der Waals surface area contributed by atoms with E-state index in [2.05, 4.69) is 21.2 Å². The quantitative estimate of drug-likeness (QED) is 0.817. The Hall–Kier alpha value is -1.23. The predicted molar refractivity (Wildman–Crippen MR) is 89.2 cm³/mol. The summed E-state index contributed by atoms with van der Waals surface area (Å²) in [5.41, 5.74) is 2.02. The fourth-order valence-electron chi connectivity index (χ4n) is 1.93. The molecule has 0 heterocycles. The molecule has 112 valence electrons. The summed E-state index contributed by atoms with van der Waals surface area (Å²) in [6.07, 6.45) is 0. The van der Waals surface area contributed by atoms with Crippen LogP contribution in [0.2, 0.25) is 5.02 Å². The molecule has 3 nitrogen and oxygen atoms in total. The lowest BCUT2D eigenvalue weighted by Crippen LogP contribution is -2.08. The molecular formula is C16H17BrClNO2. The maximum Gasteiger partial charge on any atom is 0.127 e. The van der Waals surface area contributed by atoms with E-state index >= 15 is 0 Å². The molecule has 0 saturated heterocycles. The van der Waals surface area contributed by atoms with Gasteiger partial charge in [0.2, 0.25) is 0 Å². The Balaban J connectivity index is 2.17. The molecule has 1 N–H and O–H groups in total. The van der Waals surface area contributed by atoms with Crippen LogP contribution in [0.5, 0.6) is 11.5 Å². The average molecular weight is 371 g/mol. The summed E-state index contributed by atoms with van der Waals surface area (Å²) in [5.74, 6) is 1.56. The van der Waals surface area contributed by atoms with Gasteiger partial charge in [0, 0.05) is 33.2 Å². The first-order valence-corrected chi connectivity index (χ1v) is 7.69. The minimum Gasteiger partial charge on any atom is -0.497 e. The number of ether oxygens (including phenoxy) is 2. The van der Waals surface area contributed by atoms with E-state index in [1.165, 1.54) is 0 Å². The van der Waals surface area contributed by atoms with E-state index < -0.39 is 0 Å². The molecule has 0 aliphatic rings. The SMILES string of the molecule is CNCc1ccc(OC)cc1OCc1ccc(Br)cc1Cl. The first-order valence-electron chi connectivity index (χ1n) is 6.52. The minimum atomic E-state index is 0.413. The number of methoxy groups -OCH3 is 1. The van der Waals surface area contributed by atoms with E-state index in [1.807, 2.05) is 43.4 Å². The van der Waals surface area contributed by atoms with Crippen LogP contribution in [-0.4, -0.2) is 14.2 Å². The fraction of sp³-hybridized carbons (Fsp3) is 0.250. The van der Waals surface area contributed by atoms with Crippen molar-refractivity contribution in [1.82, 2.24) is 5.32 Å². The van der Waals surface area contributed by atoms with E-state index in [0.717, 1.165) is 33.6 Å².